The van der Waals surface area contributed by atoms with Gasteiger partial charge in [-0.1, -0.05) is 48.6 Å². The fraction of sp³-hybridized carbons (Fsp3) is 0.304. The number of hydrogen-bond donors (Lipinski definition) is 1. The van der Waals surface area contributed by atoms with E-state index in [4.69, 9.17) is 0 Å². The Hall–Kier alpha value is -2.36. The molecular formula is C23H28N2O. The number of fused-ring (bicyclic) bond motifs is 2. The molecule has 26 heavy (non-hydrogen) atoms. The summed E-state index contributed by atoms with van der Waals surface area (Å²) in [6.07, 6.45) is 4.68. The summed E-state index contributed by atoms with van der Waals surface area (Å²) >= 11 is 0. The Labute approximate surface area is 156 Å². The predicted molar refractivity (Wildman–Crippen MR) is 110 cm³/mol. The fourth-order valence-corrected chi connectivity index (χ4v) is 4.11. The predicted octanol–water partition coefficient (Wildman–Crippen LogP) is 4.11. The molecule has 3 heteroatoms. The van der Waals surface area contributed by atoms with Crippen LogP contribution in [0.2, 0.25) is 0 Å². The lowest BCUT2D eigenvalue weighted by Crippen LogP contribution is -2.41. The highest BCUT2D eigenvalue weighted by Crippen LogP contribution is 2.49. The molecule has 0 saturated carbocycles. The first-order chi connectivity index (χ1) is 12.7. The van der Waals surface area contributed by atoms with Crippen LogP contribution in [0.15, 0.2) is 73.8 Å². The summed E-state index contributed by atoms with van der Waals surface area (Å²) in [5.41, 5.74) is 4.32. The zero-order valence-corrected chi connectivity index (χ0v) is 15.6. The molecule has 1 aliphatic heterocycles. The van der Waals surface area contributed by atoms with Gasteiger partial charge >= 0.3 is 0 Å². The molecule has 0 bridgehead atoms. The van der Waals surface area contributed by atoms with Gasteiger partial charge in [0.2, 0.25) is 0 Å². The summed E-state index contributed by atoms with van der Waals surface area (Å²) in [5, 5.41) is 10.6. The molecule has 2 aromatic carbocycles. The van der Waals surface area contributed by atoms with Crippen molar-refractivity contribution in [3.05, 3.63) is 85.0 Å². The molecule has 0 radical (unpaired) electrons. The number of nitrogens with zero attached hydrogens (tertiary/aromatic N) is 2. The van der Waals surface area contributed by atoms with Crippen molar-refractivity contribution >= 4 is 11.4 Å². The summed E-state index contributed by atoms with van der Waals surface area (Å²) in [4.78, 5) is 4.53. The number of aliphatic hydroxyl groups is 1. The normalized spacial score (nSPS) is 14.7. The SMILES string of the molecule is C=CCN(CC=C)CCC1(CO)c2ccccc2N(C)c2ccccc21. The van der Waals surface area contributed by atoms with Gasteiger partial charge < -0.3 is 10.0 Å². The molecule has 0 amide bonds. The second-order valence-corrected chi connectivity index (χ2v) is 6.92. The monoisotopic (exact) mass is 348 g/mol. The average Bonchev–Trinajstić information content (AvgIpc) is 2.69. The summed E-state index contributed by atoms with van der Waals surface area (Å²) in [5.74, 6) is 0. The molecule has 0 spiro atoms. The van der Waals surface area contributed by atoms with Crippen molar-refractivity contribution in [3.8, 4) is 0 Å². The average molecular weight is 348 g/mol. The maximum atomic E-state index is 10.6. The third-order valence-electron chi connectivity index (χ3n) is 5.46. The molecule has 3 nitrogen and oxygen atoms in total. The Bertz CT molecular complexity index is 726. The maximum absolute atomic E-state index is 10.6. The van der Waals surface area contributed by atoms with Crippen molar-refractivity contribution in [2.45, 2.75) is 11.8 Å². The minimum absolute atomic E-state index is 0.0882. The van der Waals surface area contributed by atoms with Crippen LogP contribution in [0.1, 0.15) is 17.5 Å². The van der Waals surface area contributed by atoms with Crippen molar-refractivity contribution in [2.24, 2.45) is 0 Å². The van der Waals surface area contributed by atoms with E-state index < -0.39 is 5.41 Å². The van der Waals surface area contributed by atoms with Crippen LogP contribution in [0.25, 0.3) is 0 Å². The van der Waals surface area contributed by atoms with Crippen LogP contribution >= 0.6 is 0 Å². The quantitative estimate of drug-likeness (QED) is 0.727. The lowest BCUT2D eigenvalue weighted by atomic mass is 9.69. The van der Waals surface area contributed by atoms with Crippen LogP contribution in [0.4, 0.5) is 11.4 Å². The summed E-state index contributed by atoms with van der Waals surface area (Å²) in [6.45, 7) is 10.3. The second kappa shape index (κ2) is 7.90. The Balaban J connectivity index is 2.06. The van der Waals surface area contributed by atoms with Gasteiger partial charge in [-0.05, 0) is 29.7 Å². The van der Waals surface area contributed by atoms with Crippen molar-refractivity contribution in [2.75, 3.05) is 38.2 Å². The molecule has 0 atom stereocenters. The maximum Gasteiger partial charge on any atom is 0.0570 e. The van der Waals surface area contributed by atoms with Crippen molar-refractivity contribution in [1.29, 1.82) is 0 Å². The molecule has 0 unspecified atom stereocenters. The molecule has 0 saturated heterocycles. The second-order valence-electron chi connectivity index (χ2n) is 6.92. The van der Waals surface area contributed by atoms with Crippen LogP contribution in [-0.2, 0) is 5.41 Å². The molecular weight excluding hydrogens is 320 g/mol. The smallest absolute Gasteiger partial charge is 0.0570 e. The number of hydrogen-bond acceptors (Lipinski definition) is 3. The van der Waals surface area contributed by atoms with Crippen LogP contribution in [0, 0.1) is 0 Å². The molecule has 0 aromatic heterocycles. The summed E-state index contributed by atoms with van der Waals surface area (Å²) in [6, 6.07) is 16.8. The van der Waals surface area contributed by atoms with E-state index in [0.29, 0.717) is 0 Å². The molecule has 1 heterocycles. The highest BCUT2D eigenvalue weighted by Gasteiger charge is 2.41. The summed E-state index contributed by atoms with van der Waals surface area (Å²) < 4.78 is 0. The van der Waals surface area contributed by atoms with Crippen LogP contribution < -0.4 is 4.90 Å². The van der Waals surface area contributed by atoms with Gasteiger partial charge in [0.1, 0.15) is 0 Å². The number of rotatable bonds is 8. The van der Waals surface area contributed by atoms with Gasteiger partial charge in [0.25, 0.3) is 0 Å². The van der Waals surface area contributed by atoms with E-state index in [9.17, 15) is 5.11 Å². The fourth-order valence-electron chi connectivity index (χ4n) is 4.11. The number of anilines is 2. The largest absolute Gasteiger partial charge is 0.395 e. The van der Waals surface area contributed by atoms with Crippen molar-refractivity contribution in [1.82, 2.24) is 4.90 Å². The first kappa shape index (κ1) is 18.4. The van der Waals surface area contributed by atoms with Crippen molar-refractivity contribution in [3.63, 3.8) is 0 Å². The van der Waals surface area contributed by atoms with Gasteiger partial charge in [0.15, 0.2) is 0 Å². The van der Waals surface area contributed by atoms with E-state index in [1.807, 2.05) is 12.2 Å². The van der Waals surface area contributed by atoms with Gasteiger partial charge in [-0.3, -0.25) is 4.90 Å². The van der Waals surface area contributed by atoms with E-state index in [2.05, 4.69) is 78.5 Å². The molecule has 0 aliphatic carbocycles. The first-order valence-corrected chi connectivity index (χ1v) is 9.15. The number of para-hydroxylation sites is 2. The van der Waals surface area contributed by atoms with E-state index in [1.165, 1.54) is 22.5 Å². The molecule has 3 rings (SSSR count). The van der Waals surface area contributed by atoms with Crippen LogP contribution in [0.3, 0.4) is 0 Å². The van der Waals surface area contributed by atoms with E-state index in [-0.39, 0.29) is 6.61 Å². The minimum atomic E-state index is -0.402. The summed E-state index contributed by atoms with van der Waals surface area (Å²) in [7, 11) is 2.10. The Morgan fingerprint density at radius 2 is 1.46 bits per heavy atom. The Morgan fingerprint density at radius 3 is 1.92 bits per heavy atom. The van der Waals surface area contributed by atoms with E-state index >= 15 is 0 Å². The zero-order chi connectivity index (χ0) is 18.6. The standard InChI is InChI=1S/C23H28N2O/c1-4-15-25(16-5-2)17-14-23(18-26)19-10-6-8-12-21(19)24(3)22-13-9-7-11-20(22)23/h4-13,26H,1-2,14-18H2,3H3. The molecule has 1 aliphatic rings. The van der Waals surface area contributed by atoms with Crippen LogP contribution in [0.5, 0.6) is 0 Å². The zero-order valence-electron chi connectivity index (χ0n) is 15.6. The third-order valence-corrected chi connectivity index (χ3v) is 5.46. The van der Waals surface area contributed by atoms with Crippen molar-refractivity contribution < 1.29 is 5.11 Å². The van der Waals surface area contributed by atoms with Gasteiger partial charge in [-0.2, -0.15) is 0 Å². The Kier molecular flexibility index (Phi) is 5.60. The topological polar surface area (TPSA) is 26.7 Å². The third kappa shape index (κ3) is 3.09. The molecule has 1 N–H and O–H groups in total. The highest BCUT2D eigenvalue weighted by atomic mass is 16.3. The van der Waals surface area contributed by atoms with Gasteiger partial charge in [-0.15, -0.1) is 13.2 Å². The lowest BCUT2D eigenvalue weighted by Gasteiger charge is -2.44. The van der Waals surface area contributed by atoms with E-state index in [0.717, 1.165) is 26.1 Å². The molecule has 0 fully saturated rings. The number of aliphatic hydroxyl groups excluding tert-OH is 1. The van der Waals surface area contributed by atoms with E-state index in [1.54, 1.807) is 0 Å². The first-order valence-electron chi connectivity index (χ1n) is 9.15. The lowest BCUT2D eigenvalue weighted by molar-refractivity contribution is 0.192. The van der Waals surface area contributed by atoms with Gasteiger partial charge in [0.05, 0.1) is 6.61 Å². The highest BCUT2D eigenvalue weighted by molar-refractivity contribution is 5.77. The molecule has 136 valence electrons. The molecule has 2 aromatic rings. The minimum Gasteiger partial charge on any atom is -0.395 e. The van der Waals surface area contributed by atoms with Crippen LogP contribution in [-0.4, -0.2) is 43.3 Å². The number of benzene rings is 2. The Morgan fingerprint density at radius 1 is 0.962 bits per heavy atom. The van der Waals surface area contributed by atoms with Gasteiger partial charge in [-0.25, -0.2) is 0 Å². The van der Waals surface area contributed by atoms with Gasteiger partial charge in [0, 0.05) is 43.5 Å².